The van der Waals surface area contributed by atoms with Gasteiger partial charge in [-0.2, -0.15) is 26.3 Å². The molecule has 6 nitrogen and oxygen atoms in total. The highest BCUT2D eigenvalue weighted by atomic mass is 19.4. The number of aliphatic hydroxyl groups excluding tert-OH is 1. The van der Waals surface area contributed by atoms with E-state index >= 15 is 0 Å². The third-order valence-corrected chi connectivity index (χ3v) is 6.86. The monoisotopic (exact) mass is 573 g/mol. The van der Waals surface area contributed by atoms with Crippen molar-refractivity contribution in [1.29, 1.82) is 0 Å². The summed E-state index contributed by atoms with van der Waals surface area (Å²) in [6, 6.07) is 5.79. The maximum Gasteiger partial charge on any atom is 0.416 e. The van der Waals surface area contributed by atoms with E-state index in [2.05, 4.69) is 10.6 Å². The van der Waals surface area contributed by atoms with Crippen molar-refractivity contribution in [3.05, 3.63) is 58.7 Å². The zero-order chi connectivity index (χ0) is 29.8. The molecule has 40 heavy (non-hydrogen) atoms. The topological polar surface area (TPSA) is 81.7 Å². The number of anilines is 2. The fraction of sp³-hybridized carbons (Fsp3) is 0.500. The number of halogens is 6. The van der Waals surface area contributed by atoms with Gasteiger partial charge < -0.3 is 20.6 Å². The molecule has 0 saturated heterocycles. The van der Waals surface area contributed by atoms with E-state index in [0.29, 0.717) is 24.2 Å². The second-order valence-corrected chi connectivity index (χ2v) is 10.4. The molecule has 0 bridgehead atoms. The number of benzene rings is 2. The maximum absolute atomic E-state index is 13.1. The molecule has 0 fully saturated rings. The van der Waals surface area contributed by atoms with Crippen LogP contribution in [0, 0.1) is 5.92 Å². The highest BCUT2D eigenvalue weighted by Gasteiger charge is 2.37. The van der Waals surface area contributed by atoms with Crippen molar-refractivity contribution in [2.75, 3.05) is 23.9 Å². The molecule has 3 N–H and O–H groups in total. The number of unbranched alkanes of at least 4 members (excludes halogenated alkanes) is 1. The van der Waals surface area contributed by atoms with Gasteiger partial charge in [0.25, 0.3) is 0 Å². The number of nitrogens with one attached hydrogen (secondary N) is 2. The first-order chi connectivity index (χ1) is 18.6. The fourth-order valence-electron chi connectivity index (χ4n) is 4.96. The summed E-state index contributed by atoms with van der Waals surface area (Å²) in [5, 5.41) is 15.4. The maximum atomic E-state index is 13.1. The third-order valence-electron chi connectivity index (χ3n) is 6.86. The van der Waals surface area contributed by atoms with Crippen molar-refractivity contribution in [3.8, 4) is 0 Å². The van der Waals surface area contributed by atoms with E-state index < -0.39 is 35.6 Å². The van der Waals surface area contributed by atoms with Crippen molar-refractivity contribution in [2.45, 2.75) is 70.4 Å². The van der Waals surface area contributed by atoms with Crippen LogP contribution in [0.2, 0.25) is 0 Å². The van der Waals surface area contributed by atoms with Crippen LogP contribution < -0.4 is 15.5 Å². The lowest BCUT2D eigenvalue weighted by Gasteiger charge is -2.37. The lowest BCUT2D eigenvalue weighted by Crippen LogP contribution is -2.54. The fourth-order valence-corrected chi connectivity index (χ4v) is 4.96. The Bertz CT molecular complexity index is 1180. The van der Waals surface area contributed by atoms with Crippen molar-refractivity contribution in [3.63, 3.8) is 0 Å². The number of alkyl halides is 6. The Kier molecular flexibility index (Phi) is 9.76. The van der Waals surface area contributed by atoms with Crippen LogP contribution in [0.1, 0.15) is 55.4 Å². The average Bonchev–Trinajstić information content (AvgIpc) is 2.84. The molecule has 2 amide bonds. The lowest BCUT2D eigenvalue weighted by atomic mass is 9.95. The van der Waals surface area contributed by atoms with Gasteiger partial charge in [0.15, 0.2) is 0 Å². The number of likely N-dealkylation sites (N-methyl/N-ethyl adjacent to an activating group) is 1. The van der Waals surface area contributed by atoms with E-state index in [0.717, 1.165) is 11.3 Å². The van der Waals surface area contributed by atoms with Crippen LogP contribution >= 0.6 is 0 Å². The first kappa shape index (κ1) is 31.3. The van der Waals surface area contributed by atoms with Crippen LogP contribution in [-0.2, 0) is 34.8 Å². The summed E-state index contributed by atoms with van der Waals surface area (Å²) in [6.07, 6.45) is -9.02. The quantitative estimate of drug-likeness (QED) is 0.285. The number of amides is 2. The van der Waals surface area contributed by atoms with E-state index in [4.69, 9.17) is 0 Å². The van der Waals surface area contributed by atoms with Gasteiger partial charge in [-0.3, -0.25) is 9.59 Å². The zero-order valence-electron chi connectivity index (χ0n) is 22.4. The minimum Gasteiger partial charge on any atom is -0.394 e. The summed E-state index contributed by atoms with van der Waals surface area (Å²) in [7, 11) is 1.81. The Morgan fingerprint density at radius 3 is 2.23 bits per heavy atom. The van der Waals surface area contributed by atoms with E-state index in [-0.39, 0.29) is 61.7 Å². The van der Waals surface area contributed by atoms with Gasteiger partial charge in [-0.15, -0.1) is 0 Å². The van der Waals surface area contributed by atoms with E-state index in [1.165, 1.54) is 0 Å². The Labute approximate surface area is 228 Å². The van der Waals surface area contributed by atoms with Crippen LogP contribution in [0.5, 0.6) is 0 Å². The summed E-state index contributed by atoms with van der Waals surface area (Å²) in [5.41, 5.74) is -0.711. The average molecular weight is 574 g/mol. The minimum atomic E-state index is -4.91. The van der Waals surface area contributed by atoms with Gasteiger partial charge in [-0.25, -0.2) is 0 Å². The first-order valence-electron chi connectivity index (χ1n) is 13.0. The summed E-state index contributed by atoms with van der Waals surface area (Å²) in [6.45, 7) is 3.59. The predicted molar refractivity (Wildman–Crippen MR) is 139 cm³/mol. The molecule has 1 heterocycles. The summed E-state index contributed by atoms with van der Waals surface area (Å²) in [5.74, 6) is -0.545. The molecular weight excluding hydrogens is 540 g/mol. The molecule has 2 aromatic carbocycles. The minimum absolute atomic E-state index is 0.00865. The molecule has 220 valence electrons. The van der Waals surface area contributed by atoms with Crippen LogP contribution in [0.4, 0.5) is 37.7 Å². The number of aliphatic hydroxyl groups is 1. The Hall–Kier alpha value is -3.28. The van der Waals surface area contributed by atoms with Crippen LogP contribution in [-0.4, -0.2) is 42.7 Å². The summed E-state index contributed by atoms with van der Waals surface area (Å²) >= 11 is 0. The van der Waals surface area contributed by atoms with Gasteiger partial charge in [0.2, 0.25) is 11.8 Å². The molecule has 0 unspecified atom stereocenters. The molecule has 0 aliphatic carbocycles. The van der Waals surface area contributed by atoms with Gasteiger partial charge in [0, 0.05) is 24.8 Å². The third kappa shape index (κ3) is 7.89. The number of hydrogen-bond acceptors (Lipinski definition) is 4. The van der Waals surface area contributed by atoms with Gasteiger partial charge in [-0.1, -0.05) is 13.8 Å². The van der Waals surface area contributed by atoms with Gasteiger partial charge in [0.1, 0.15) is 6.04 Å². The van der Waals surface area contributed by atoms with Crippen LogP contribution in [0.15, 0.2) is 36.4 Å². The summed E-state index contributed by atoms with van der Waals surface area (Å²) < 4.78 is 78.4. The molecule has 2 atom stereocenters. The Balaban J connectivity index is 1.64. The van der Waals surface area contributed by atoms with Crippen molar-refractivity contribution in [2.24, 2.45) is 5.92 Å². The number of nitrogens with zero attached hydrogens (tertiary/aromatic N) is 1. The normalized spacial score (nSPS) is 18.2. The van der Waals surface area contributed by atoms with Crippen molar-refractivity contribution < 1.29 is 41.0 Å². The van der Waals surface area contributed by atoms with Crippen molar-refractivity contribution >= 4 is 23.2 Å². The summed E-state index contributed by atoms with van der Waals surface area (Å²) in [4.78, 5) is 27.1. The van der Waals surface area contributed by atoms with Gasteiger partial charge in [0.05, 0.1) is 23.8 Å². The molecule has 0 saturated carbocycles. The first-order valence-corrected chi connectivity index (χ1v) is 13.0. The second kappa shape index (κ2) is 12.5. The number of fused-ring (bicyclic) bond motifs is 1. The molecule has 0 spiro atoms. The largest absolute Gasteiger partial charge is 0.416 e. The molecular formula is C28H33F6N3O3. The molecule has 0 aromatic heterocycles. The molecule has 0 radical (unpaired) electrons. The number of carbonyl (C=O) groups excluding carboxylic acids is 2. The predicted octanol–water partition coefficient (Wildman–Crippen LogP) is 5.57. The lowest BCUT2D eigenvalue weighted by molar-refractivity contribution is -0.143. The van der Waals surface area contributed by atoms with Crippen molar-refractivity contribution in [1.82, 2.24) is 5.32 Å². The number of aryl methyl sites for hydroxylation is 1. The smallest absolute Gasteiger partial charge is 0.394 e. The zero-order valence-corrected chi connectivity index (χ0v) is 22.4. The van der Waals surface area contributed by atoms with E-state index in [9.17, 15) is 41.0 Å². The van der Waals surface area contributed by atoms with Crippen LogP contribution in [0.3, 0.4) is 0 Å². The highest BCUT2D eigenvalue weighted by molar-refractivity contribution is 5.91. The number of hydrogen-bond donors (Lipinski definition) is 3. The standard InChI is InChI=1S/C28H33F6N3O3/c1-16(2)25-26(40)36-22(15-38)13-18-12-21(8-9-23(18)37(25)3)35-24(39)7-5-4-6-17-10-19(27(29,30)31)14-20(11-17)28(32,33)34/h8-12,14,16,22,25,38H,4-7,13,15H2,1-3H3,(H,35,39)(H,36,40)/t22-,25-/m0/s1. The van der Waals surface area contributed by atoms with Crippen LogP contribution in [0.25, 0.3) is 0 Å². The molecule has 1 aliphatic heterocycles. The Morgan fingerprint density at radius 2 is 1.68 bits per heavy atom. The van der Waals surface area contributed by atoms with Gasteiger partial charge >= 0.3 is 12.4 Å². The number of carbonyl (C=O) groups is 2. The number of rotatable bonds is 8. The van der Waals surface area contributed by atoms with E-state index in [1.807, 2.05) is 25.8 Å². The Morgan fingerprint density at radius 1 is 1.05 bits per heavy atom. The second-order valence-electron chi connectivity index (χ2n) is 10.4. The molecule has 1 aliphatic rings. The van der Waals surface area contributed by atoms with Gasteiger partial charge in [-0.05, 0) is 79.1 Å². The highest BCUT2D eigenvalue weighted by Crippen LogP contribution is 2.36. The molecule has 2 aromatic rings. The SMILES string of the molecule is CC(C)[C@H]1C(=O)N[C@H](CO)Cc2cc(NC(=O)CCCCc3cc(C(F)(F)F)cc(C(F)(F)F)c3)ccc2N1C. The molecule has 3 rings (SSSR count). The molecule has 12 heteroatoms. The van der Waals surface area contributed by atoms with E-state index in [1.54, 1.807) is 18.2 Å².